The summed E-state index contributed by atoms with van der Waals surface area (Å²) in [6, 6.07) is 8.98. The van der Waals surface area contributed by atoms with Crippen LogP contribution >= 0.6 is 0 Å². The molecule has 0 aliphatic heterocycles. The number of ether oxygens (including phenoxy) is 1. The molecule has 0 aliphatic carbocycles. The maximum absolute atomic E-state index is 13.4. The fraction of sp³-hybridized carbons (Fsp3) is 0.118. The van der Waals surface area contributed by atoms with Crippen molar-refractivity contribution in [1.29, 1.82) is 0 Å². The molecule has 0 spiro atoms. The first-order chi connectivity index (χ1) is 11.9. The summed E-state index contributed by atoms with van der Waals surface area (Å²) < 4.78 is 31.5. The van der Waals surface area contributed by atoms with Crippen LogP contribution in [0.5, 0.6) is 0 Å². The molecular formula is C17H14F2N2O4. The topological polar surface area (TPSA) is 84.5 Å². The summed E-state index contributed by atoms with van der Waals surface area (Å²) in [4.78, 5) is 35.0. The number of esters is 1. The molecule has 0 unspecified atom stereocenters. The van der Waals surface area contributed by atoms with Gasteiger partial charge < -0.3 is 15.4 Å². The van der Waals surface area contributed by atoms with Crippen molar-refractivity contribution in [3.63, 3.8) is 0 Å². The van der Waals surface area contributed by atoms with Gasteiger partial charge in [-0.2, -0.15) is 0 Å². The van der Waals surface area contributed by atoms with Gasteiger partial charge >= 0.3 is 5.97 Å². The Morgan fingerprint density at radius 2 is 1.68 bits per heavy atom. The maximum Gasteiger partial charge on any atom is 0.344 e. The van der Waals surface area contributed by atoms with Crippen molar-refractivity contribution in [2.24, 2.45) is 0 Å². The number of carbonyl (C=O) groups is 3. The molecule has 8 heteroatoms. The van der Waals surface area contributed by atoms with Crippen LogP contribution in [0.15, 0.2) is 42.5 Å². The van der Waals surface area contributed by atoms with Gasteiger partial charge in [-0.1, -0.05) is 12.1 Å². The lowest BCUT2D eigenvalue weighted by atomic mass is 10.2. The fourth-order valence-electron chi connectivity index (χ4n) is 1.98. The Bertz CT molecular complexity index is 804. The summed E-state index contributed by atoms with van der Waals surface area (Å²) in [5.41, 5.74) is -0.234. The number of hydrogen-bond donors (Lipinski definition) is 2. The Labute approximate surface area is 141 Å². The molecule has 0 saturated heterocycles. The van der Waals surface area contributed by atoms with Crippen LogP contribution in [0.1, 0.15) is 20.7 Å². The predicted octanol–water partition coefficient (Wildman–Crippen LogP) is 2.12. The van der Waals surface area contributed by atoms with E-state index < -0.39 is 35.7 Å². The van der Waals surface area contributed by atoms with Crippen LogP contribution < -0.4 is 10.6 Å². The first-order valence-corrected chi connectivity index (χ1v) is 7.15. The lowest BCUT2D eigenvalue weighted by Crippen LogP contribution is -2.22. The zero-order valence-electron chi connectivity index (χ0n) is 13.1. The van der Waals surface area contributed by atoms with Crippen molar-refractivity contribution in [1.82, 2.24) is 5.32 Å². The number of hydrogen-bond acceptors (Lipinski definition) is 4. The van der Waals surface area contributed by atoms with E-state index in [1.165, 1.54) is 19.2 Å². The minimum Gasteiger partial charge on any atom is -0.452 e. The Morgan fingerprint density at radius 1 is 1.04 bits per heavy atom. The van der Waals surface area contributed by atoms with Gasteiger partial charge in [-0.3, -0.25) is 9.59 Å². The number of anilines is 1. The first kappa shape index (κ1) is 18.1. The normalized spacial score (nSPS) is 10.0. The Kier molecular flexibility index (Phi) is 5.78. The second kappa shape index (κ2) is 8.00. The van der Waals surface area contributed by atoms with Gasteiger partial charge in [0.2, 0.25) is 0 Å². The molecule has 130 valence electrons. The summed E-state index contributed by atoms with van der Waals surface area (Å²) in [6.45, 7) is -0.739. The van der Waals surface area contributed by atoms with Crippen molar-refractivity contribution in [3.05, 3.63) is 65.2 Å². The van der Waals surface area contributed by atoms with Gasteiger partial charge in [-0.05, 0) is 30.3 Å². The van der Waals surface area contributed by atoms with Crippen LogP contribution in [-0.4, -0.2) is 31.4 Å². The molecule has 0 bridgehead atoms. The molecule has 2 N–H and O–H groups in total. The summed E-state index contributed by atoms with van der Waals surface area (Å²) in [5.74, 6) is -4.51. The van der Waals surface area contributed by atoms with Crippen LogP contribution in [0.2, 0.25) is 0 Å². The van der Waals surface area contributed by atoms with E-state index in [2.05, 4.69) is 15.4 Å². The van der Waals surface area contributed by atoms with Crippen LogP contribution in [0.25, 0.3) is 0 Å². The zero-order valence-corrected chi connectivity index (χ0v) is 13.1. The van der Waals surface area contributed by atoms with E-state index >= 15 is 0 Å². The maximum atomic E-state index is 13.4. The van der Waals surface area contributed by atoms with Crippen LogP contribution in [0, 0.1) is 11.6 Å². The van der Waals surface area contributed by atoms with Crippen molar-refractivity contribution in [3.8, 4) is 0 Å². The Morgan fingerprint density at radius 3 is 2.32 bits per heavy atom. The van der Waals surface area contributed by atoms with Gasteiger partial charge in [-0.15, -0.1) is 0 Å². The van der Waals surface area contributed by atoms with Gasteiger partial charge in [0.25, 0.3) is 11.8 Å². The van der Waals surface area contributed by atoms with Gasteiger partial charge in [-0.25, -0.2) is 13.6 Å². The number of amides is 2. The average Bonchev–Trinajstić information content (AvgIpc) is 2.59. The van der Waals surface area contributed by atoms with E-state index in [-0.39, 0.29) is 5.91 Å². The number of carbonyl (C=O) groups excluding carboxylic acids is 3. The molecule has 0 radical (unpaired) electrons. The SMILES string of the molecule is CNC(=O)c1cccc(NC(=O)COC(=O)c2c(F)cccc2F)c1. The highest BCUT2D eigenvalue weighted by Gasteiger charge is 2.19. The summed E-state index contributed by atoms with van der Waals surface area (Å²) in [6.07, 6.45) is 0. The first-order valence-electron chi connectivity index (χ1n) is 7.15. The highest BCUT2D eigenvalue weighted by atomic mass is 19.1. The van der Waals surface area contributed by atoms with Crippen molar-refractivity contribution >= 4 is 23.5 Å². The molecule has 0 aromatic heterocycles. The lowest BCUT2D eigenvalue weighted by molar-refractivity contribution is -0.119. The van der Waals surface area contributed by atoms with Crippen molar-refractivity contribution < 1.29 is 27.9 Å². The number of nitrogens with one attached hydrogen (secondary N) is 2. The summed E-state index contributed by atoms with van der Waals surface area (Å²) in [7, 11) is 1.47. The van der Waals surface area contributed by atoms with Crippen LogP contribution in [0.4, 0.5) is 14.5 Å². The smallest absolute Gasteiger partial charge is 0.344 e. The fourth-order valence-corrected chi connectivity index (χ4v) is 1.98. The molecule has 2 aromatic carbocycles. The van der Waals surface area contributed by atoms with Crippen molar-refractivity contribution in [2.75, 3.05) is 19.0 Å². The number of rotatable bonds is 5. The van der Waals surface area contributed by atoms with E-state index in [0.717, 1.165) is 18.2 Å². The van der Waals surface area contributed by atoms with Crippen molar-refractivity contribution in [2.45, 2.75) is 0 Å². The van der Waals surface area contributed by atoms with E-state index in [4.69, 9.17) is 0 Å². The Hall–Kier alpha value is -3.29. The Balaban J connectivity index is 1.97. The minimum atomic E-state index is -1.29. The molecule has 0 atom stereocenters. The molecule has 6 nitrogen and oxygen atoms in total. The van der Waals surface area contributed by atoms with Gasteiger partial charge in [0.15, 0.2) is 6.61 Å². The molecular weight excluding hydrogens is 334 g/mol. The molecule has 2 amide bonds. The van der Waals surface area contributed by atoms with E-state index in [1.54, 1.807) is 12.1 Å². The van der Waals surface area contributed by atoms with E-state index in [0.29, 0.717) is 11.3 Å². The molecule has 0 heterocycles. The summed E-state index contributed by atoms with van der Waals surface area (Å²) in [5, 5.41) is 4.85. The third-order valence-electron chi connectivity index (χ3n) is 3.14. The summed E-state index contributed by atoms with van der Waals surface area (Å²) >= 11 is 0. The third kappa shape index (κ3) is 4.60. The van der Waals surface area contributed by atoms with Gasteiger partial charge in [0, 0.05) is 18.3 Å². The molecule has 0 fully saturated rings. The number of benzene rings is 2. The van der Waals surface area contributed by atoms with E-state index in [9.17, 15) is 23.2 Å². The average molecular weight is 348 g/mol. The molecule has 25 heavy (non-hydrogen) atoms. The highest BCUT2D eigenvalue weighted by Crippen LogP contribution is 2.14. The largest absolute Gasteiger partial charge is 0.452 e. The van der Waals surface area contributed by atoms with Gasteiger partial charge in [0.1, 0.15) is 17.2 Å². The lowest BCUT2D eigenvalue weighted by Gasteiger charge is -2.08. The standard InChI is InChI=1S/C17H14F2N2O4/c1-20-16(23)10-4-2-5-11(8-10)21-14(22)9-25-17(24)15-12(18)6-3-7-13(15)19/h2-8H,9H2,1H3,(H,20,23)(H,21,22). The second-order valence-corrected chi connectivity index (χ2v) is 4.88. The molecule has 2 aromatic rings. The van der Waals surface area contributed by atoms with Crippen LogP contribution in [-0.2, 0) is 9.53 Å². The van der Waals surface area contributed by atoms with Gasteiger partial charge in [0.05, 0.1) is 0 Å². The second-order valence-electron chi connectivity index (χ2n) is 4.88. The third-order valence-corrected chi connectivity index (χ3v) is 3.14. The quantitative estimate of drug-likeness (QED) is 0.811. The zero-order chi connectivity index (χ0) is 18.4. The molecule has 0 saturated carbocycles. The number of halogens is 2. The van der Waals surface area contributed by atoms with Crippen LogP contribution in [0.3, 0.4) is 0 Å². The molecule has 0 aliphatic rings. The van der Waals surface area contributed by atoms with E-state index in [1.807, 2.05) is 0 Å². The minimum absolute atomic E-state index is 0.305. The predicted molar refractivity (Wildman–Crippen MR) is 85.1 cm³/mol. The monoisotopic (exact) mass is 348 g/mol. The highest BCUT2D eigenvalue weighted by molar-refractivity contribution is 5.98. The molecule has 2 rings (SSSR count).